The van der Waals surface area contributed by atoms with Crippen LogP contribution in [0.2, 0.25) is 0 Å². The zero-order valence-electron chi connectivity index (χ0n) is 14.8. The summed E-state index contributed by atoms with van der Waals surface area (Å²) in [6.07, 6.45) is 9.46. The molecule has 0 heterocycles. The number of aliphatic hydroxyl groups is 1. The van der Waals surface area contributed by atoms with Gasteiger partial charge in [-0.05, 0) is 58.4 Å². The third-order valence-corrected chi connectivity index (χ3v) is 3.71. The highest BCUT2D eigenvalue weighted by Gasteiger charge is 2.04. The van der Waals surface area contributed by atoms with Crippen LogP contribution in [0.5, 0.6) is 0 Å². The molecule has 0 aliphatic heterocycles. The molecule has 0 amide bonds. The number of aliphatic hydroxyl groups excluding tert-OH is 1. The standard InChI is InChI=1S/C20H31NO/c1-15(2)19(14-21)12-10-17(5)8-7-9-18(6)11-13-20(22)16(3)4/h9-10,12,15,20,22H,3,7-8,11,13H2,1-2,4-6H3/b17-10+,18-9+,19-12+. The van der Waals surface area contributed by atoms with Crippen LogP contribution in [-0.4, -0.2) is 11.2 Å². The van der Waals surface area contributed by atoms with E-state index in [4.69, 9.17) is 5.26 Å². The van der Waals surface area contributed by atoms with Gasteiger partial charge in [-0.25, -0.2) is 0 Å². The van der Waals surface area contributed by atoms with Gasteiger partial charge in [-0.2, -0.15) is 5.26 Å². The van der Waals surface area contributed by atoms with Crippen molar-refractivity contribution in [2.45, 2.75) is 66.4 Å². The summed E-state index contributed by atoms with van der Waals surface area (Å²) in [7, 11) is 0. The first-order valence-corrected chi connectivity index (χ1v) is 8.04. The minimum absolute atomic E-state index is 0.274. The summed E-state index contributed by atoms with van der Waals surface area (Å²) in [5.41, 5.74) is 4.24. The SMILES string of the molecule is C=C(C)C(O)CC/C(C)=C/CC/C(C)=C/C=C(\C#N)C(C)C. The van der Waals surface area contributed by atoms with Gasteiger partial charge < -0.3 is 5.11 Å². The highest BCUT2D eigenvalue weighted by Crippen LogP contribution is 2.15. The lowest BCUT2D eigenvalue weighted by Crippen LogP contribution is -2.06. The topological polar surface area (TPSA) is 44.0 Å². The first-order chi connectivity index (χ1) is 10.3. The molecule has 0 spiro atoms. The molecular formula is C20H31NO. The van der Waals surface area contributed by atoms with Crippen LogP contribution in [0.1, 0.15) is 60.3 Å². The lowest BCUT2D eigenvalue weighted by Gasteiger charge is -2.09. The average Bonchev–Trinajstić information content (AvgIpc) is 2.44. The van der Waals surface area contributed by atoms with Crippen LogP contribution in [0, 0.1) is 17.2 Å². The second-order valence-electron chi connectivity index (χ2n) is 6.39. The predicted octanol–water partition coefficient (Wildman–Crippen LogP) is 5.48. The van der Waals surface area contributed by atoms with E-state index in [0.29, 0.717) is 0 Å². The Labute approximate surface area is 136 Å². The minimum Gasteiger partial charge on any atom is -0.389 e. The first-order valence-electron chi connectivity index (χ1n) is 8.04. The Morgan fingerprint density at radius 3 is 2.27 bits per heavy atom. The number of allylic oxidation sites excluding steroid dienone is 6. The average molecular weight is 301 g/mol. The van der Waals surface area contributed by atoms with Gasteiger partial charge in [-0.15, -0.1) is 0 Å². The molecule has 0 saturated heterocycles. The Bertz CT molecular complexity index is 486. The van der Waals surface area contributed by atoms with Gasteiger partial charge in [-0.1, -0.05) is 49.3 Å². The lowest BCUT2D eigenvalue weighted by atomic mass is 10.0. The van der Waals surface area contributed by atoms with Crippen molar-refractivity contribution in [2.24, 2.45) is 5.92 Å². The van der Waals surface area contributed by atoms with E-state index in [1.54, 1.807) is 0 Å². The minimum atomic E-state index is -0.393. The molecular weight excluding hydrogens is 270 g/mol. The van der Waals surface area contributed by atoms with Crippen molar-refractivity contribution in [2.75, 3.05) is 0 Å². The van der Waals surface area contributed by atoms with Crippen LogP contribution in [0.4, 0.5) is 0 Å². The molecule has 0 radical (unpaired) electrons. The Balaban J connectivity index is 4.30. The van der Waals surface area contributed by atoms with Crippen molar-refractivity contribution in [1.82, 2.24) is 0 Å². The molecule has 122 valence electrons. The largest absolute Gasteiger partial charge is 0.389 e. The molecule has 0 aliphatic rings. The Morgan fingerprint density at radius 2 is 1.77 bits per heavy atom. The maximum Gasteiger partial charge on any atom is 0.0949 e. The predicted molar refractivity (Wildman–Crippen MR) is 95.3 cm³/mol. The van der Waals surface area contributed by atoms with Crippen molar-refractivity contribution >= 4 is 0 Å². The molecule has 0 rings (SSSR count). The van der Waals surface area contributed by atoms with Crippen molar-refractivity contribution in [3.05, 3.63) is 47.1 Å². The number of hydrogen-bond donors (Lipinski definition) is 1. The molecule has 0 aliphatic carbocycles. The summed E-state index contributed by atoms with van der Waals surface area (Å²) < 4.78 is 0. The molecule has 0 fully saturated rings. The summed E-state index contributed by atoms with van der Waals surface area (Å²) in [5.74, 6) is 0.274. The molecule has 1 atom stereocenters. The fraction of sp³-hybridized carbons (Fsp3) is 0.550. The molecule has 0 saturated carbocycles. The third-order valence-electron chi connectivity index (χ3n) is 3.71. The molecule has 2 nitrogen and oxygen atoms in total. The van der Waals surface area contributed by atoms with Gasteiger partial charge in [0.2, 0.25) is 0 Å². The quantitative estimate of drug-likeness (QED) is 0.348. The molecule has 2 heteroatoms. The Morgan fingerprint density at radius 1 is 1.14 bits per heavy atom. The number of nitriles is 1. The van der Waals surface area contributed by atoms with Crippen LogP contribution in [0.3, 0.4) is 0 Å². The first kappa shape index (κ1) is 20.4. The van der Waals surface area contributed by atoms with E-state index >= 15 is 0 Å². The second-order valence-corrected chi connectivity index (χ2v) is 6.39. The molecule has 0 aromatic heterocycles. The summed E-state index contributed by atoms with van der Waals surface area (Å²) >= 11 is 0. The van der Waals surface area contributed by atoms with Crippen LogP contribution in [0.15, 0.2) is 47.1 Å². The van der Waals surface area contributed by atoms with Crippen LogP contribution < -0.4 is 0 Å². The van der Waals surface area contributed by atoms with E-state index in [1.807, 2.05) is 32.9 Å². The molecule has 22 heavy (non-hydrogen) atoms. The van der Waals surface area contributed by atoms with E-state index < -0.39 is 6.10 Å². The Hall–Kier alpha value is -1.59. The lowest BCUT2D eigenvalue weighted by molar-refractivity contribution is 0.201. The number of nitrogens with zero attached hydrogens (tertiary/aromatic N) is 1. The van der Waals surface area contributed by atoms with Gasteiger partial charge in [-0.3, -0.25) is 0 Å². The molecule has 0 aromatic carbocycles. The molecule has 0 bridgehead atoms. The van der Waals surface area contributed by atoms with Gasteiger partial charge >= 0.3 is 0 Å². The second kappa shape index (κ2) is 11.0. The molecule has 1 N–H and O–H groups in total. The van der Waals surface area contributed by atoms with Crippen LogP contribution in [0.25, 0.3) is 0 Å². The summed E-state index contributed by atoms with van der Waals surface area (Å²) in [6.45, 7) is 13.9. The maximum atomic E-state index is 9.71. The zero-order chi connectivity index (χ0) is 17.1. The maximum absolute atomic E-state index is 9.71. The highest BCUT2D eigenvalue weighted by atomic mass is 16.3. The Kier molecular flexibility index (Phi) is 10.2. The highest BCUT2D eigenvalue weighted by molar-refractivity contribution is 5.28. The number of hydrogen-bond acceptors (Lipinski definition) is 2. The van der Waals surface area contributed by atoms with Gasteiger partial charge in [0.25, 0.3) is 0 Å². The van der Waals surface area contributed by atoms with Gasteiger partial charge in [0.1, 0.15) is 0 Å². The molecule has 0 aromatic rings. The van der Waals surface area contributed by atoms with Crippen LogP contribution in [-0.2, 0) is 0 Å². The molecule has 1 unspecified atom stereocenters. The zero-order valence-corrected chi connectivity index (χ0v) is 14.8. The van der Waals surface area contributed by atoms with E-state index in [-0.39, 0.29) is 5.92 Å². The van der Waals surface area contributed by atoms with Gasteiger partial charge in [0, 0.05) is 5.57 Å². The normalized spacial score (nSPS) is 14.9. The van der Waals surface area contributed by atoms with Crippen molar-refractivity contribution in [1.29, 1.82) is 5.26 Å². The van der Waals surface area contributed by atoms with Crippen molar-refractivity contribution < 1.29 is 5.11 Å². The van der Waals surface area contributed by atoms with E-state index in [9.17, 15) is 5.11 Å². The third kappa shape index (κ3) is 9.37. The fourth-order valence-electron chi connectivity index (χ4n) is 1.93. The monoisotopic (exact) mass is 301 g/mol. The van der Waals surface area contributed by atoms with E-state index in [2.05, 4.69) is 32.6 Å². The van der Waals surface area contributed by atoms with Crippen molar-refractivity contribution in [3.8, 4) is 6.07 Å². The number of rotatable bonds is 9. The summed E-state index contributed by atoms with van der Waals surface area (Å²) in [4.78, 5) is 0. The van der Waals surface area contributed by atoms with E-state index in [0.717, 1.165) is 36.8 Å². The van der Waals surface area contributed by atoms with Gasteiger partial charge in [0.05, 0.1) is 12.2 Å². The fourth-order valence-corrected chi connectivity index (χ4v) is 1.93. The smallest absolute Gasteiger partial charge is 0.0949 e. The van der Waals surface area contributed by atoms with Crippen molar-refractivity contribution in [3.63, 3.8) is 0 Å². The van der Waals surface area contributed by atoms with E-state index in [1.165, 1.54) is 11.1 Å². The summed E-state index contributed by atoms with van der Waals surface area (Å²) in [6, 6.07) is 2.24. The summed E-state index contributed by atoms with van der Waals surface area (Å²) in [5, 5.41) is 18.7. The van der Waals surface area contributed by atoms with Gasteiger partial charge in [0.15, 0.2) is 0 Å². The van der Waals surface area contributed by atoms with Crippen LogP contribution >= 0.6 is 0 Å².